The van der Waals surface area contributed by atoms with E-state index in [2.05, 4.69) is 9.46 Å². The average molecular weight is 326 g/mol. The fourth-order valence-electron chi connectivity index (χ4n) is 1.75. The molecule has 0 aliphatic heterocycles. The molecule has 6 nitrogen and oxygen atoms in total. The van der Waals surface area contributed by atoms with Gasteiger partial charge in [-0.05, 0) is 29.1 Å². The van der Waals surface area contributed by atoms with Gasteiger partial charge >= 0.3 is 5.97 Å². The highest BCUT2D eigenvalue weighted by Gasteiger charge is 2.19. The Morgan fingerprint density at radius 2 is 2.14 bits per heavy atom. The number of nitrogens with one attached hydrogen (secondary N) is 1. The summed E-state index contributed by atoms with van der Waals surface area (Å²) in [7, 11) is -2.40. The number of benzene rings is 1. The van der Waals surface area contributed by atoms with Crippen molar-refractivity contribution in [3.05, 3.63) is 46.2 Å². The van der Waals surface area contributed by atoms with Crippen LogP contribution in [-0.2, 0) is 20.5 Å². The van der Waals surface area contributed by atoms with Crippen molar-refractivity contribution in [2.45, 2.75) is 5.75 Å². The van der Waals surface area contributed by atoms with E-state index in [0.29, 0.717) is 11.3 Å². The van der Waals surface area contributed by atoms with E-state index in [4.69, 9.17) is 5.73 Å². The molecule has 0 spiro atoms. The van der Waals surface area contributed by atoms with Crippen molar-refractivity contribution in [1.29, 1.82) is 0 Å². The van der Waals surface area contributed by atoms with Crippen LogP contribution in [0.3, 0.4) is 0 Å². The molecule has 0 unspecified atom stereocenters. The average Bonchev–Trinajstić information content (AvgIpc) is 2.84. The number of sulfonamides is 1. The van der Waals surface area contributed by atoms with Crippen molar-refractivity contribution in [2.75, 3.05) is 17.6 Å². The molecule has 0 radical (unpaired) electrons. The second kappa shape index (κ2) is 6.15. The van der Waals surface area contributed by atoms with E-state index < -0.39 is 16.0 Å². The molecule has 0 atom stereocenters. The lowest BCUT2D eigenvalue weighted by Crippen LogP contribution is -2.16. The molecule has 1 aromatic heterocycles. The number of carbonyl (C=O) groups is 1. The molecular formula is C13H14N2O4S2. The number of thiophene rings is 1. The summed E-state index contributed by atoms with van der Waals surface area (Å²) in [4.78, 5) is 11.7. The number of rotatable bonds is 5. The first kappa shape index (κ1) is 15.3. The number of hydrogen-bond donors (Lipinski definition) is 2. The summed E-state index contributed by atoms with van der Waals surface area (Å²) in [6, 6.07) is 8.15. The van der Waals surface area contributed by atoms with E-state index in [1.807, 2.05) is 0 Å². The maximum absolute atomic E-state index is 12.1. The van der Waals surface area contributed by atoms with Crippen LogP contribution in [0.1, 0.15) is 15.2 Å². The van der Waals surface area contributed by atoms with Gasteiger partial charge in [-0.15, -0.1) is 11.3 Å². The zero-order valence-corrected chi connectivity index (χ0v) is 12.8. The third-order valence-electron chi connectivity index (χ3n) is 2.61. The SMILES string of the molecule is COC(=O)c1sccc1NS(=O)(=O)Cc1cccc(N)c1. The first-order valence-electron chi connectivity index (χ1n) is 5.92. The Hall–Kier alpha value is -2.06. The Labute approximate surface area is 126 Å². The van der Waals surface area contributed by atoms with Crippen LogP contribution >= 0.6 is 11.3 Å². The molecule has 112 valence electrons. The van der Waals surface area contributed by atoms with Gasteiger partial charge in [0.1, 0.15) is 4.88 Å². The third-order valence-corrected chi connectivity index (χ3v) is 4.75. The van der Waals surface area contributed by atoms with Crippen molar-refractivity contribution < 1.29 is 17.9 Å². The van der Waals surface area contributed by atoms with Crippen LogP contribution in [0.15, 0.2) is 35.7 Å². The summed E-state index contributed by atoms with van der Waals surface area (Å²) in [5, 5.41) is 1.62. The number of esters is 1. The molecule has 0 bridgehead atoms. The summed E-state index contributed by atoms with van der Waals surface area (Å²) < 4.78 is 31.3. The molecule has 0 saturated heterocycles. The number of hydrogen-bond acceptors (Lipinski definition) is 6. The number of ether oxygens (including phenoxy) is 1. The predicted molar refractivity (Wildman–Crippen MR) is 82.8 cm³/mol. The maximum Gasteiger partial charge on any atom is 0.350 e. The molecule has 8 heteroatoms. The van der Waals surface area contributed by atoms with Gasteiger partial charge in [-0.25, -0.2) is 13.2 Å². The molecule has 0 saturated carbocycles. The minimum Gasteiger partial charge on any atom is -0.465 e. The van der Waals surface area contributed by atoms with Crippen LogP contribution in [0.2, 0.25) is 0 Å². The fourth-order valence-corrected chi connectivity index (χ4v) is 3.77. The molecule has 0 fully saturated rings. The lowest BCUT2D eigenvalue weighted by Gasteiger charge is -2.08. The maximum atomic E-state index is 12.1. The summed E-state index contributed by atoms with van der Waals surface area (Å²) in [6.07, 6.45) is 0. The van der Waals surface area contributed by atoms with Gasteiger partial charge in [-0.1, -0.05) is 12.1 Å². The highest BCUT2D eigenvalue weighted by molar-refractivity contribution is 7.91. The van der Waals surface area contributed by atoms with Crippen molar-refractivity contribution >= 4 is 38.7 Å². The second-order valence-corrected chi connectivity index (χ2v) is 6.90. The molecule has 21 heavy (non-hydrogen) atoms. The van der Waals surface area contributed by atoms with Crippen LogP contribution < -0.4 is 10.5 Å². The van der Waals surface area contributed by atoms with Gasteiger partial charge in [0.15, 0.2) is 0 Å². The largest absolute Gasteiger partial charge is 0.465 e. The van der Waals surface area contributed by atoms with Gasteiger partial charge in [0, 0.05) is 5.69 Å². The summed E-state index contributed by atoms with van der Waals surface area (Å²) in [6.45, 7) is 0. The minimum absolute atomic E-state index is 0.216. The number of anilines is 2. The smallest absolute Gasteiger partial charge is 0.350 e. The normalized spacial score (nSPS) is 11.1. The van der Waals surface area contributed by atoms with Gasteiger partial charge in [0.25, 0.3) is 0 Å². The molecule has 0 aliphatic rings. The van der Waals surface area contributed by atoms with Gasteiger partial charge < -0.3 is 10.5 Å². The van der Waals surface area contributed by atoms with Crippen molar-refractivity contribution in [3.63, 3.8) is 0 Å². The van der Waals surface area contributed by atoms with E-state index in [1.54, 1.807) is 29.6 Å². The van der Waals surface area contributed by atoms with Crippen molar-refractivity contribution in [1.82, 2.24) is 0 Å². The Morgan fingerprint density at radius 1 is 1.38 bits per heavy atom. The summed E-state index contributed by atoms with van der Waals surface area (Å²) >= 11 is 1.11. The minimum atomic E-state index is -3.65. The number of methoxy groups -OCH3 is 1. The Balaban J connectivity index is 2.18. The van der Waals surface area contributed by atoms with Crippen LogP contribution in [0, 0.1) is 0 Å². The van der Waals surface area contributed by atoms with E-state index in [1.165, 1.54) is 13.2 Å². The fraction of sp³-hybridized carbons (Fsp3) is 0.154. The molecule has 1 aromatic carbocycles. The molecule has 1 heterocycles. The summed E-state index contributed by atoms with van der Waals surface area (Å²) in [5.41, 5.74) is 6.90. The van der Waals surface area contributed by atoms with Crippen LogP contribution in [0.5, 0.6) is 0 Å². The van der Waals surface area contributed by atoms with Crippen molar-refractivity contribution in [3.8, 4) is 0 Å². The van der Waals surface area contributed by atoms with Crippen LogP contribution in [0.25, 0.3) is 0 Å². The zero-order valence-electron chi connectivity index (χ0n) is 11.2. The first-order chi connectivity index (χ1) is 9.91. The second-order valence-electron chi connectivity index (χ2n) is 4.26. The molecular weight excluding hydrogens is 312 g/mol. The lowest BCUT2D eigenvalue weighted by atomic mass is 10.2. The number of nitrogen functional groups attached to an aromatic ring is 1. The standard InChI is InChI=1S/C13H14N2O4S2/c1-19-13(16)12-11(5-6-20-12)15-21(17,18)8-9-3-2-4-10(14)7-9/h2-7,15H,8,14H2,1H3. The highest BCUT2D eigenvalue weighted by atomic mass is 32.2. The van der Waals surface area contributed by atoms with E-state index in [-0.39, 0.29) is 16.3 Å². The van der Waals surface area contributed by atoms with E-state index in [0.717, 1.165) is 11.3 Å². The van der Waals surface area contributed by atoms with E-state index >= 15 is 0 Å². The Kier molecular flexibility index (Phi) is 4.49. The number of carbonyl (C=O) groups excluding carboxylic acids is 1. The quantitative estimate of drug-likeness (QED) is 0.647. The van der Waals surface area contributed by atoms with Crippen LogP contribution in [0.4, 0.5) is 11.4 Å². The van der Waals surface area contributed by atoms with Gasteiger partial charge in [0.2, 0.25) is 10.0 Å². The predicted octanol–water partition coefficient (Wildman–Crippen LogP) is 2.06. The molecule has 0 amide bonds. The number of nitrogens with two attached hydrogens (primary N) is 1. The highest BCUT2D eigenvalue weighted by Crippen LogP contribution is 2.25. The lowest BCUT2D eigenvalue weighted by molar-refractivity contribution is 0.0607. The molecule has 3 N–H and O–H groups in total. The topological polar surface area (TPSA) is 98.5 Å². The van der Waals surface area contributed by atoms with Crippen LogP contribution in [-0.4, -0.2) is 21.5 Å². The Bertz CT molecular complexity index is 753. The van der Waals surface area contributed by atoms with Crippen molar-refractivity contribution in [2.24, 2.45) is 0 Å². The van der Waals surface area contributed by atoms with Gasteiger partial charge in [0.05, 0.1) is 18.6 Å². The monoisotopic (exact) mass is 326 g/mol. The molecule has 2 rings (SSSR count). The third kappa shape index (κ3) is 3.96. The van der Waals surface area contributed by atoms with Gasteiger partial charge in [-0.2, -0.15) is 0 Å². The molecule has 0 aliphatic carbocycles. The Morgan fingerprint density at radius 3 is 2.81 bits per heavy atom. The van der Waals surface area contributed by atoms with E-state index in [9.17, 15) is 13.2 Å². The zero-order chi connectivity index (χ0) is 15.5. The van der Waals surface area contributed by atoms with Gasteiger partial charge in [-0.3, -0.25) is 4.72 Å². The molecule has 2 aromatic rings. The summed E-state index contributed by atoms with van der Waals surface area (Å²) in [5.74, 6) is -0.805. The first-order valence-corrected chi connectivity index (χ1v) is 8.45.